The summed E-state index contributed by atoms with van der Waals surface area (Å²) >= 11 is 0. The molecule has 2 aliphatic carbocycles. The lowest BCUT2D eigenvalue weighted by Gasteiger charge is -2.58. The minimum absolute atomic E-state index is 0.0295. The van der Waals surface area contributed by atoms with Gasteiger partial charge in [-0.15, -0.1) is 0 Å². The maximum atomic E-state index is 12.9. The number of carbonyl (C=O) groups is 2. The molecule has 0 heterocycles. The van der Waals surface area contributed by atoms with Crippen molar-refractivity contribution in [1.82, 2.24) is 0 Å². The van der Waals surface area contributed by atoms with E-state index in [1.165, 1.54) is 13.2 Å². The number of ketones is 2. The van der Waals surface area contributed by atoms with Gasteiger partial charge >= 0.3 is 0 Å². The molecule has 0 aromatic heterocycles. The second kappa shape index (κ2) is 5.65. The molecule has 0 bridgehead atoms. The molecule has 1 aromatic rings. The number of rotatable bonds is 4. The van der Waals surface area contributed by atoms with E-state index in [1.54, 1.807) is 14.2 Å². The fourth-order valence-electron chi connectivity index (χ4n) is 4.59. The second-order valence-corrected chi connectivity index (χ2v) is 6.66. The molecule has 0 N–H and O–H groups in total. The highest BCUT2D eigenvalue weighted by Crippen LogP contribution is 2.64. The van der Waals surface area contributed by atoms with Gasteiger partial charge in [-0.05, 0) is 23.6 Å². The minimum Gasteiger partial charge on any atom is -0.493 e. The largest absolute Gasteiger partial charge is 0.493 e. The van der Waals surface area contributed by atoms with Crippen molar-refractivity contribution in [2.45, 2.75) is 19.8 Å². The Morgan fingerprint density at radius 1 is 0.958 bits per heavy atom. The number of hydrogen-bond donors (Lipinski definition) is 0. The van der Waals surface area contributed by atoms with Crippen molar-refractivity contribution in [3.05, 3.63) is 35.6 Å². The van der Waals surface area contributed by atoms with E-state index in [0.717, 1.165) is 5.56 Å². The lowest BCUT2D eigenvalue weighted by Crippen LogP contribution is -2.61. The van der Waals surface area contributed by atoms with Crippen molar-refractivity contribution in [3.63, 3.8) is 0 Å². The molecule has 0 saturated heterocycles. The summed E-state index contributed by atoms with van der Waals surface area (Å²) in [5.74, 6) is 0.963. The molecular weight excluding hydrogens is 308 g/mol. The Balaban J connectivity index is 2.06. The van der Waals surface area contributed by atoms with Gasteiger partial charge in [-0.25, -0.2) is 0 Å². The molecule has 0 spiro atoms. The molecule has 1 aromatic carbocycles. The number of carbonyl (C=O) groups excluding carboxylic acids is 2. The molecule has 0 radical (unpaired) electrons. The highest BCUT2D eigenvalue weighted by molar-refractivity contribution is 6.13. The minimum atomic E-state index is -0.782. The molecule has 3 rings (SSSR count). The van der Waals surface area contributed by atoms with Gasteiger partial charge in [0.2, 0.25) is 5.78 Å². The Labute approximate surface area is 141 Å². The number of methoxy groups -OCH3 is 3. The lowest BCUT2D eigenvalue weighted by atomic mass is 9.42. The first-order valence-corrected chi connectivity index (χ1v) is 7.96. The summed E-state index contributed by atoms with van der Waals surface area (Å²) in [7, 11) is 4.59. The van der Waals surface area contributed by atoms with E-state index in [-0.39, 0.29) is 35.1 Å². The Morgan fingerprint density at radius 2 is 1.62 bits per heavy atom. The topological polar surface area (TPSA) is 61.8 Å². The number of ether oxygens (including phenoxy) is 3. The molecule has 0 amide bonds. The molecule has 0 aliphatic heterocycles. The Morgan fingerprint density at radius 3 is 2.21 bits per heavy atom. The normalized spacial score (nSPS) is 31.7. The zero-order valence-corrected chi connectivity index (χ0v) is 14.6. The zero-order valence-electron chi connectivity index (χ0n) is 14.6. The van der Waals surface area contributed by atoms with Crippen LogP contribution in [0.5, 0.6) is 11.5 Å². The van der Waals surface area contributed by atoms with E-state index in [1.807, 2.05) is 32.0 Å². The van der Waals surface area contributed by atoms with Crippen LogP contribution >= 0.6 is 0 Å². The Hall–Kier alpha value is -2.30. The molecule has 24 heavy (non-hydrogen) atoms. The smallest absolute Gasteiger partial charge is 0.204 e. The maximum Gasteiger partial charge on any atom is 0.204 e. The molecular formula is C19H22O5. The quantitative estimate of drug-likeness (QED) is 0.849. The number of Topliss-reactive ketones (excluding diaryl/α,β-unsaturated/α-hetero) is 1. The summed E-state index contributed by atoms with van der Waals surface area (Å²) < 4.78 is 15.8. The Kier molecular flexibility index (Phi) is 3.90. The predicted molar refractivity (Wildman–Crippen MR) is 88.2 cm³/mol. The highest BCUT2D eigenvalue weighted by atomic mass is 16.5. The first kappa shape index (κ1) is 16.6. The van der Waals surface area contributed by atoms with Gasteiger partial charge in [0.05, 0.1) is 26.7 Å². The Bertz CT molecular complexity index is 735. The molecule has 5 nitrogen and oxygen atoms in total. The number of allylic oxidation sites excluding steroid dienone is 2. The van der Waals surface area contributed by atoms with Crippen molar-refractivity contribution in [3.8, 4) is 11.5 Å². The fourth-order valence-corrected chi connectivity index (χ4v) is 4.59. The van der Waals surface area contributed by atoms with Crippen molar-refractivity contribution >= 4 is 11.6 Å². The number of hydrogen-bond acceptors (Lipinski definition) is 5. The zero-order chi connectivity index (χ0) is 17.6. The molecule has 128 valence electrons. The van der Waals surface area contributed by atoms with Crippen molar-refractivity contribution < 1.29 is 23.8 Å². The van der Waals surface area contributed by atoms with Crippen molar-refractivity contribution in [1.29, 1.82) is 0 Å². The van der Waals surface area contributed by atoms with Gasteiger partial charge in [0.1, 0.15) is 0 Å². The molecule has 4 atom stereocenters. The molecule has 1 saturated carbocycles. The average Bonchev–Trinajstić information content (AvgIpc) is 2.57. The summed E-state index contributed by atoms with van der Waals surface area (Å²) in [6.07, 6.45) is 1.34. The van der Waals surface area contributed by atoms with Gasteiger partial charge in [-0.1, -0.05) is 19.9 Å². The summed E-state index contributed by atoms with van der Waals surface area (Å²) in [6, 6.07) is 5.66. The van der Waals surface area contributed by atoms with Gasteiger partial charge in [0, 0.05) is 17.9 Å². The standard InChI is InChI=1S/C19H22O5/c1-10-16(11-6-7-13(22-3)14(8-11)23-4)19(2)17(10)12(20)9-15(24-5)18(19)21/h6-10,16-17H,1-5H3/t10-,16+,17?,19+/m1/s1. The van der Waals surface area contributed by atoms with Crippen LogP contribution in [-0.4, -0.2) is 32.9 Å². The van der Waals surface area contributed by atoms with Crippen LogP contribution in [0.25, 0.3) is 0 Å². The van der Waals surface area contributed by atoms with Crippen LogP contribution in [0.15, 0.2) is 30.0 Å². The number of benzene rings is 1. The van der Waals surface area contributed by atoms with Gasteiger partial charge in [-0.2, -0.15) is 0 Å². The van der Waals surface area contributed by atoms with Crippen LogP contribution in [0, 0.1) is 17.3 Å². The van der Waals surface area contributed by atoms with Gasteiger partial charge in [0.25, 0.3) is 0 Å². The third kappa shape index (κ3) is 2.00. The van der Waals surface area contributed by atoms with Crippen LogP contribution in [0.1, 0.15) is 25.3 Å². The lowest BCUT2D eigenvalue weighted by molar-refractivity contribution is -0.159. The van der Waals surface area contributed by atoms with E-state index in [9.17, 15) is 9.59 Å². The summed E-state index contributed by atoms with van der Waals surface area (Å²) in [5.41, 5.74) is 0.188. The van der Waals surface area contributed by atoms with Gasteiger partial charge in [0.15, 0.2) is 23.0 Å². The maximum absolute atomic E-state index is 12.9. The van der Waals surface area contributed by atoms with Crippen LogP contribution in [-0.2, 0) is 14.3 Å². The van der Waals surface area contributed by atoms with E-state index in [2.05, 4.69) is 0 Å². The third-order valence-electron chi connectivity index (χ3n) is 5.62. The van der Waals surface area contributed by atoms with E-state index >= 15 is 0 Å². The van der Waals surface area contributed by atoms with Crippen molar-refractivity contribution in [2.75, 3.05) is 21.3 Å². The van der Waals surface area contributed by atoms with Gasteiger partial charge in [-0.3, -0.25) is 9.59 Å². The molecule has 2 aliphatic rings. The first-order chi connectivity index (χ1) is 11.4. The van der Waals surface area contributed by atoms with Crippen LogP contribution in [0.2, 0.25) is 0 Å². The van der Waals surface area contributed by atoms with E-state index in [4.69, 9.17) is 14.2 Å². The third-order valence-corrected chi connectivity index (χ3v) is 5.62. The van der Waals surface area contributed by atoms with Crippen LogP contribution < -0.4 is 9.47 Å². The average molecular weight is 330 g/mol. The predicted octanol–water partition coefficient (Wildman–Crippen LogP) is 2.74. The van der Waals surface area contributed by atoms with Gasteiger partial charge < -0.3 is 14.2 Å². The first-order valence-electron chi connectivity index (χ1n) is 7.96. The monoisotopic (exact) mass is 330 g/mol. The fraction of sp³-hybridized carbons (Fsp3) is 0.474. The van der Waals surface area contributed by atoms with Crippen LogP contribution in [0.3, 0.4) is 0 Å². The molecule has 1 fully saturated rings. The summed E-state index contributed by atoms with van der Waals surface area (Å²) in [5, 5.41) is 0. The number of fused-ring (bicyclic) bond motifs is 1. The molecule has 1 unspecified atom stereocenters. The summed E-state index contributed by atoms with van der Waals surface area (Å²) in [6.45, 7) is 3.88. The van der Waals surface area contributed by atoms with Crippen molar-refractivity contribution in [2.24, 2.45) is 17.3 Å². The molecule has 5 heteroatoms. The van der Waals surface area contributed by atoms with E-state index < -0.39 is 5.41 Å². The highest BCUT2D eigenvalue weighted by Gasteiger charge is 2.66. The second-order valence-electron chi connectivity index (χ2n) is 6.66. The SMILES string of the molecule is COC1=CC(=O)C2[C@H](C)[C@@H](c3ccc(OC)c(OC)c3)[C@]2(C)C1=O. The van der Waals surface area contributed by atoms with Crippen LogP contribution in [0.4, 0.5) is 0 Å². The van der Waals surface area contributed by atoms with E-state index in [0.29, 0.717) is 11.5 Å². The summed E-state index contributed by atoms with van der Waals surface area (Å²) in [4.78, 5) is 25.3.